The van der Waals surface area contributed by atoms with Crippen LogP contribution in [0, 0.1) is 4.77 Å². The van der Waals surface area contributed by atoms with Crippen molar-refractivity contribution in [1.29, 1.82) is 0 Å². The predicted octanol–water partition coefficient (Wildman–Crippen LogP) is 2.91. The number of nitrogens with one attached hydrogen (secondary N) is 1. The third kappa shape index (κ3) is 3.23. The molecule has 0 spiro atoms. The molecule has 1 aliphatic heterocycles. The molecule has 122 valence electrons. The minimum Gasteiger partial charge on any atom is -0.393 e. The lowest BCUT2D eigenvalue weighted by molar-refractivity contribution is 0.0674. The molecule has 0 aliphatic carbocycles. The van der Waals surface area contributed by atoms with Gasteiger partial charge in [-0.05, 0) is 50.5 Å². The van der Waals surface area contributed by atoms with E-state index in [-0.39, 0.29) is 11.9 Å². The Morgan fingerprint density at radius 2 is 2.17 bits per heavy atom. The molecule has 0 unspecified atom stereocenters. The van der Waals surface area contributed by atoms with E-state index in [2.05, 4.69) is 4.98 Å². The Bertz CT molecular complexity index is 736. The molecule has 5 nitrogen and oxygen atoms in total. The van der Waals surface area contributed by atoms with Gasteiger partial charge in [0.05, 0.1) is 6.10 Å². The summed E-state index contributed by atoms with van der Waals surface area (Å²) < 4.78 is 2.28. The highest BCUT2D eigenvalue weighted by Crippen LogP contribution is 2.24. The number of carbonyl (C=O) groups excluding carboxylic acids is 1. The smallest absolute Gasteiger partial charge is 0.272 e. The van der Waals surface area contributed by atoms with Gasteiger partial charge < -0.3 is 15.0 Å². The van der Waals surface area contributed by atoms with E-state index < -0.39 is 6.10 Å². The molecule has 2 aromatic rings. The monoisotopic (exact) mass is 331 g/mol. The maximum Gasteiger partial charge on any atom is 0.272 e. The topological polar surface area (TPSA) is 61.3 Å². The molecule has 2 heterocycles. The van der Waals surface area contributed by atoms with Crippen molar-refractivity contribution in [2.24, 2.45) is 0 Å². The average molecular weight is 331 g/mol. The number of imidazole rings is 1. The Kier molecular flexibility index (Phi) is 4.63. The number of nitrogens with zero attached hydrogens (tertiary/aromatic N) is 2. The Balaban J connectivity index is 1.93. The van der Waals surface area contributed by atoms with Gasteiger partial charge in [-0.25, -0.2) is 0 Å². The fraction of sp³-hybridized carbons (Fsp3) is 0.412. The van der Waals surface area contributed by atoms with Crippen molar-refractivity contribution in [3.8, 4) is 5.69 Å². The summed E-state index contributed by atoms with van der Waals surface area (Å²) in [5.41, 5.74) is 1.41. The van der Waals surface area contributed by atoms with Crippen molar-refractivity contribution in [2.45, 2.75) is 38.3 Å². The Morgan fingerprint density at radius 3 is 2.87 bits per heavy atom. The molecule has 3 rings (SSSR count). The SMILES string of the molecule is C[C@@H](O)C[C@H]1CCCN1C(=O)c1c[nH]c(=S)n1-c1ccccc1. The number of para-hydroxylation sites is 1. The Labute approximate surface area is 140 Å². The highest BCUT2D eigenvalue weighted by Gasteiger charge is 2.31. The quantitative estimate of drug-likeness (QED) is 0.847. The predicted molar refractivity (Wildman–Crippen MR) is 91.3 cm³/mol. The molecule has 2 atom stereocenters. The van der Waals surface area contributed by atoms with Gasteiger partial charge >= 0.3 is 0 Å². The van der Waals surface area contributed by atoms with Crippen LogP contribution in [0.4, 0.5) is 0 Å². The number of hydrogen-bond donors (Lipinski definition) is 2. The van der Waals surface area contributed by atoms with Crippen LogP contribution in [0.3, 0.4) is 0 Å². The number of aromatic amines is 1. The molecule has 0 bridgehead atoms. The van der Waals surface area contributed by atoms with Crippen LogP contribution in [0.25, 0.3) is 5.69 Å². The van der Waals surface area contributed by atoms with E-state index >= 15 is 0 Å². The van der Waals surface area contributed by atoms with Crippen LogP contribution in [-0.2, 0) is 0 Å². The molecule has 2 N–H and O–H groups in total. The maximum atomic E-state index is 13.0. The van der Waals surface area contributed by atoms with E-state index in [9.17, 15) is 9.90 Å². The van der Waals surface area contributed by atoms with E-state index in [1.165, 1.54) is 0 Å². The molecular weight excluding hydrogens is 310 g/mol. The lowest BCUT2D eigenvalue weighted by Gasteiger charge is -2.26. The summed E-state index contributed by atoms with van der Waals surface area (Å²) in [7, 11) is 0. The van der Waals surface area contributed by atoms with E-state index in [0.29, 0.717) is 16.9 Å². The highest BCUT2D eigenvalue weighted by atomic mass is 32.1. The second-order valence-electron chi connectivity index (χ2n) is 6.03. The zero-order valence-corrected chi connectivity index (χ0v) is 13.9. The zero-order valence-electron chi connectivity index (χ0n) is 13.1. The minimum atomic E-state index is -0.407. The molecular formula is C17H21N3O2S. The molecule has 1 fully saturated rings. The van der Waals surface area contributed by atoms with E-state index in [0.717, 1.165) is 25.1 Å². The van der Waals surface area contributed by atoms with Gasteiger partial charge in [0.2, 0.25) is 0 Å². The number of hydrogen-bond acceptors (Lipinski definition) is 3. The van der Waals surface area contributed by atoms with Gasteiger partial charge in [-0.15, -0.1) is 0 Å². The van der Waals surface area contributed by atoms with Crippen molar-refractivity contribution >= 4 is 18.1 Å². The van der Waals surface area contributed by atoms with Crippen LogP contribution in [0.5, 0.6) is 0 Å². The van der Waals surface area contributed by atoms with Crippen LogP contribution in [-0.4, -0.2) is 44.2 Å². The number of likely N-dealkylation sites (tertiary alicyclic amines) is 1. The summed E-state index contributed by atoms with van der Waals surface area (Å²) in [6, 6.07) is 9.72. The Hall–Kier alpha value is -1.92. The first kappa shape index (κ1) is 16.0. The number of rotatable bonds is 4. The van der Waals surface area contributed by atoms with Gasteiger partial charge in [0, 0.05) is 24.5 Å². The molecule has 6 heteroatoms. The van der Waals surface area contributed by atoms with Gasteiger partial charge in [-0.3, -0.25) is 9.36 Å². The second-order valence-corrected chi connectivity index (χ2v) is 6.42. The number of aliphatic hydroxyl groups is 1. The largest absolute Gasteiger partial charge is 0.393 e. The van der Waals surface area contributed by atoms with Crippen LogP contribution in [0.1, 0.15) is 36.7 Å². The molecule has 1 aromatic heterocycles. The van der Waals surface area contributed by atoms with Gasteiger partial charge in [-0.2, -0.15) is 0 Å². The van der Waals surface area contributed by atoms with Crippen molar-refractivity contribution in [2.75, 3.05) is 6.54 Å². The van der Waals surface area contributed by atoms with Crippen molar-refractivity contribution in [1.82, 2.24) is 14.5 Å². The third-order valence-corrected chi connectivity index (χ3v) is 4.56. The number of aliphatic hydroxyl groups excluding tert-OH is 1. The van der Waals surface area contributed by atoms with E-state index in [1.54, 1.807) is 17.7 Å². The fourth-order valence-corrected chi connectivity index (χ4v) is 3.51. The molecule has 1 amide bonds. The standard InChI is InChI=1S/C17H21N3O2S/c1-12(21)10-14-8-5-9-19(14)16(22)15-11-18-17(23)20(15)13-6-3-2-4-7-13/h2-4,6-7,11-12,14,21H,5,8-10H2,1H3,(H,18,23)/t12-,14-/m1/s1. The summed E-state index contributed by atoms with van der Waals surface area (Å²) >= 11 is 5.34. The summed E-state index contributed by atoms with van der Waals surface area (Å²) in [5, 5.41) is 9.65. The summed E-state index contributed by atoms with van der Waals surface area (Å²) in [4.78, 5) is 17.8. The summed E-state index contributed by atoms with van der Waals surface area (Å²) in [6.07, 6.45) is 3.79. The number of H-pyrrole nitrogens is 1. The van der Waals surface area contributed by atoms with Gasteiger partial charge in [0.15, 0.2) is 4.77 Å². The molecule has 1 saturated heterocycles. The van der Waals surface area contributed by atoms with Crippen LogP contribution in [0.2, 0.25) is 0 Å². The maximum absolute atomic E-state index is 13.0. The van der Waals surface area contributed by atoms with Crippen molar-refractivity contribution in [3.63, 3.8) is 0 Å². The van der Waals surface area contributed by atoms with E-state index in [1.807, 2.05) is 35.2 Å². The highest BCUT2D eigenvalue weighted by molar-refractivity contribution is 7.71. The minimum absolute atomic E-state index is 0.0376. The first-order chi connectivity index (χ1) is 11.1. The zero-order chi connectivity index (χ0) is 16.4. The van der Waals surface area contributed by atoms with Crippen LogP contribution < -0.4 is 0 Å². The average Bonchev–Trinajstić information content (AvgIpc) is 3.13. The molecule has 1 aliphatic rings. The van der Waals surface area contributed by atoms with E-state index in [4.69, 9.17) is 12.2 Å². The first-order valence-electron chi connectivity index (χ1n) is 7.93. The Morgan fingerprint density at radius 1 is 1.43 bits per heavy atom. The van der Waals surface area contributed by atoms with Gasteiger partial charge in [-0.1, -0.05) is 18.2 Å². The van der Waals surface area contributed by atoms with Crippen LogP contribution in [0.15, 0.2) is 36.5 Å². The van der Waals surface area contributed by atoms with Gasteiger partial charge in [0.1, 0.15) is 5.69 Å². The summed E-state index contributed by atoms with van der Waals surface area (Å²) in [5.74, 6) is -0.0376. The third-order valence-electron chi connectivity index (χ3n) is 4.26. The van der Waals surface area contributed by atoms with Gasteiger partial charge in [0.25, 0.3) is 5.91 Å². The number of aromatic nitrogens is 2. The van der Waals surface area contributed by atoms with Crippen LogP contribution >= 0.6 is 12.2 Å². The number of carbonyl (C=O) groups is 1. The first-order valence-corrected chi connectivity index (χ1v) is 8.33. The second kappa shape index (κ2) is 6.68. The number of benzene rings is 1. The summed E-state index contributed by atoms with van der Waals surface area (Å²) in [6.45, 7) is 2.49. The molecule has 0 saturated carbocycles. The lowest BCUT2D eigenvalue weighted by atomic mass is 10.1. The lowest BCUT2D eigenvalue weighted by Crippen LogP contribution is -2.38. The molecule has 23 heavy (non-hydrogen) atoms. The van der Waals surface area contributed by atoms with Crippen molar-refractivity contribution < 1.29 is 9.90 Å². The fourth-order valence-electron chi connectivity index (χ4n) is 3.25. The number of amides is 1. The molecule has 0 radical (unpaired) electrons. The normalized spacial score (nSPS) is 19.0. The molecule has 1 aromatic carbocycles. The van der Waals surface area contributed by atoms with Crippen molar-refractivity contribution in [3.05, 3.63) is 47.0 Å².